The molecule has 1 aliphatic rings. The van der Waals surface area contributed by atoms with Crippen molar-refractivity contribution in [3.8, 4) is 5.75 Å². The van der Waals surface area contributed by atoms with Crippen LogP contribution in [0.3, 0.4) is 0 Å². The molecule has 1 fully saturated rings. The Morgan fingerprint density at radius 2 is 1.90 bits per heavy atom. The number of hydrogen-bond donors (Lipinski definition) is 0. The lowest BCUT2D eigenvalue weighted by Gasteiger charge is -2.19. The van der Waals surface area contributed by atoms with Crippen LogP contribution >= 0.6 is 0 Å². The quantitative estimate of drug-likeness (QED) is 0.539. The summed E-state index contributed by atoms with van der Waals surface area (Å²) in [6.07, 6.45) is 3.63. The standard InChI is InChI=1S/C16H19NO3/c1-3-9-17(10-4-2)16(18)13-5-7-14(8-6-13)19-11-15-12-20-15/h3-8,15H,1-2,9-12H2. The van der Waals surface area contributed by atoms with E-state index in [-0.39, 0.29) is 12.0 Å². The van der Waals surface area contributed by atoms with E-state index >= 15 is 0 Å². The van der Waals surface area contributed by atoms with Gasteiger partial charge in [0.1, 0.15) is 18.5 Å². The molecule has 0 saturated carbocycles. The van der Waals surface area contributed by atoms with Crippen molar-refractivity contribution in [1.82, 2.24) is 4.90 Å². The molecule has 0 bridgehead atoms. The van der Waals surface area contributed by atoms with Gasteiger partial charge < -0.3 is 14.4 Å². The number of hydrogen-bond acceptors (Lipinski definition) is 3. The fourth-order valence-corrected chi connectivity index (χ4v) is 1.78. The highest BCUT2D eigenvalue weighted by Gasteiger charge is 2.23. The average molecular weight is 273 g/mol. The van der Waals surface area contributed by atoms with E-state index in [1.54, 1.807) is 41.3 Å². The Morgan fingerprint density at radius 1 is 1.30 bits per heavy atom. The second-order valence-electron chi connectivity index (χ2n) is 4.58. The monoisotopic (exact) mass is 273 g/mol. The van der Waals surface area contributed by atoms with E-state index in [0.717, 1.165) is 12.4 Å². The summed E-state index contributed by atoms with van der Waals surface area (Å²) >= 11 is 0. The van der Waals surface area contributed by atoms with E-state index in [4.69, 9.17) is 9.47 Å². The van der Waals surface area contributed by atoms with E-state index in [2.05, 4.69) is 13.2 Å². The van der Waals surface area contributed by atoms with Crippen molar-refractivity contribution < 1.29 is 14.3 Å². The number of ether oxygens (including phenoxy) is 2. The predicted molar refractivity (Wildman–Crippen MR) is 78.0 cm³/mol. The molecule has 1 heterocycles. The van der Waals surface area contributed by atoms with E-state index in [9.17, 15) is 4.79 Å². The summed E-state index contributed by atoms with van der Waals surface area (Å²) in [4.78, 5) is 14.0. The van der Waals surface area contributed by atoms with Crippen molar-refractivity contribution in [2.75, 3.05) is 26.3 Å². The van der Waals surface area contributed by atoms with Crippen LogP contribution in [0.15, 0.2) is 49.6 Å². The highest BCUT2D eigenvalue weighted by molar-refractivity contribution is 5.94. The van der Waals surface area contributed by atoms with Crippen LogP contribution in [0.5, 0.6) is 5.75 Å². The van der Waals surface area contributed by atoms with Gasteiger partial charge in [0, 0.05) is 18.7 Å². The van der Waals surface area contributed by atoms with Crippen molar-refractivity contribution in [2.24, 2.45) is 0 Å². The van der Waals surface area contributed by atoms with E-state index in [1.807, 2.05) is 0 Å². The molecule has 4 nitrogen and oxygen atoms in total. The highest BCUT2D eigenvalue weighted by atomic mass is 16.6. The van der Waals surface area contributed by atoms with Gasteiger partial charge in [-0.05, 0) is 24.3 Å². The van der Waals surface area contributed by atoms with Crippen molar-refractivity contribution in [1.29, 1.82) is 0 Å². The van der Waals surface area contributed by atoms with Gasteiger partial charge in [0.15, 0.2) is 0 Å². The minimum Gasteiger partial charge on any atom is -0.491 e. The molecule has 1 aromatic rings. The van der Waals surface area contributed by atoms with Gasteiger partial charge in [-0.3, -0.25) is 4.79 Å². The molecule has 4 heteroatoms. The minimum absolute atomic E-state index is 0.0399. The molecule has 1 unspecified atom stereocenters. The molecule has 1 amide bonds. The summed E-state index contributed by atoms with van der Waals surface area (Å²) in [5.74, 6) is 0.706. The normalized spacial score (nSPS) is 16.3. The Bertz CT molecular complexity index is 467. The Kier molecular flexibility index (Phi) is 4.96. The highest BCUT2D eigenvalue weighted by Crippen LogP contribution is 2.16. The summed E-state index contributed by atoms with van der Waals surface area (Å²) in [6.45, 7) is 9.66. The van der Waals surface area contributed by atoms with Crippen LogP contribution in [0.4, 0.5) is 0 Å². The Morgan fingerprint density at radius 3 is 2.40 bits per heavy atom. The molecule has 20 heavy (non-hydrogen) atoms. The summed E-state index contributed by atoms with van der Waals surface area (Å²) in [6, 6.07) is 7.14. The van der Waals surface area contributed by atoms with Gasteiger partial charge in [-0.2, -0.15) is 0 Å². The van der Waals surface area contributed by atoms with E-state index in [1.165, 1.54) is 0 Å². The van der Waals surface area contributed by atoms with Gasteiger partial charge >= 0.3 is 0 Å². The number of carbonyl (C=O) groups is 1. The third-order valence-corrected chi connectivity index (χ3v) is 2.93. The number of epoxide rings is 1. The molecule has 106 valence electrons. The van der Waals surface area contributed by atoms with Gasteiger partial charge in [-0.1, -0.05) is 12.2 Å². The summed E-state index contributed by atoms with van der Waals surface area (Å²) in [5, 5.41) is 0. The smallest absolute Gasteiger partial charge is 0.254 e. The van der Waals surface area contributed by atoms with Gasteiger partial charge in [0.05, 0.1) is 6.61 Å². The molecule has 1 atom stereocenters. The summed E-state index contributed by atoms with van der Waals surface area (Å²) < 4.78 is 10.6. The molecule has 0 aromatic heterocycles. The zero-order chi connectivity index (χ0) is 14.4. The van der Waals surface area contributed by atoms with Gasteiger partial charge in [0.25, 0.3) is 5.91 Å². The Balaban J connectivity index is 1.97. The zero-order valence-corrected chi connectivity index (χ0v) is 11.5. The third-order valence-electron chi connectivity index (χ3n) is 2.93. The maximum absolute atomic E-state index is 12.3. The van der Waals surface area contributed by atoms with Crippen LogP contribution in [-0.4, -0.2) is 43.2 Å². The van der Waals surface area contributed by atoms with Crippen LogP contribution < -0.4 is 4.74 Å². The SMILES string of the molecule is C=CCN(CC=C)C(=O)c1ccc(OCC2CO2)cc1. The lowest BCUT2D eigenvalue weighted by molar-refractivity contribution is 0.0791. The fraction of sp³-hybridized carbons (Fsp3) is 0.312. The molecule has 0 spiro atoms. The first-order chi connectivity index (χ1) is 9.74. The summed E-state index contributed by atoms with van der Waals surface area (Å²) in [7, 11) is 0. The molecular formula is C16H19NO3. The van der Waals surface area contributed by atoms with E-state index in [0.29, 0.717) is 25.3 Å². The number of rotatable bonds is 8. The molecule has 1 aromatic carbocycles. The summed E-state index contributed by atoms with van der Waals surface area (Å²) in [5.41, 5.74) is 0.628. The lowest BCUT2D eigenvalue weighted by atomic mass is 10.2. The maximum Gasteiger partial charge on any atom is 0.254 e. The number of nitrogens with zero attached hydrogens (tertiary/aromatic N) is 1. The molecule has 0 aliphatic carbocycles. The van der Waals surface area contributed by atoms with Crippen LogP contribution in [0.25, 0.3) is 0 Å². The largest absolute Gasteiger partial charge is 0.491 e. The van der Waals surface area contributed by atoms with E-state index < -0.39 is 0 Å². The molecule has 0 N–H and O–H groups in total. The molecule has 1 aliphatic heterocycles. The van der Waals surface area contributed by atoms with Gasteiger partial charge in [-0.15, -0.1) is 13.2 Å². The molecular weight excluding hydrogens is 254 g/mol. The van der Waals surface area contributed by atoms with Crippen LogP contribution in [-0.2, 0) is 4.74 Å². The maximum atomic E-state index is 12.3. The first kappa shape index (κ1) is 14.3. The average Bonchev–Trinajstić information content (AvgIpc) is 3.29. The predicted octanol–water partition coefficient (Wildman–Crippen LogP) is 2.28. The van der Waals surface area contributed by atoms with Crippen LogP contribution in [0.1, 0.15) is 10.4 Å². The number of carbonyl (C=O) groups excluding carboxylic acids is 1. The lowest BCUT2D eigenvalue weighted by Crippen LogP contribution is -2.31. The number of benzene rings is 1. The third kappa shape index (κ3) is 3.96. The minimum atomic E-state index is -0.0399. The zero-order valence-electron chi connectivity index (χ0n) is 11.5. The first-order valence-electron chi connectivity index (χ1n) is 6.60. The van der Waals surface area contributed by atoms with Crippen LogP contribution in [0.2, 0.25) is 0 Å². The van der Waals surface area contributed by atoms with Crippen molar-refractivity contribution in [2.45, 2.75) is 6.10 Å². The first-order valence-corrected chi connectivity index (χ1v) is 6.60. The Hall–Kier alpha value is -2.07. The van der Waals surface area contributed by atoms with Crippen molar-refractivity contribution in [3.63, 3.8) is 0 Å². The Labute approximate surface area is 119 Å². The van der Waals surface area contributed by atoms with Gasteiger partial charge in [0.2, 0.25) is 0 Å². The van der Waals surface area contributed by atoms with Crippen LogP contribution in [0, 0.1) is 0 Å². The van der Waals surface area contributed by atoms with Crippen molar-refractivity contribution >= 4 is 5.91 Å². The topological polar surface area (TPSA) is 42.1 Å². The second-order valence-corrected chi connectivity index (χ2v) is 4.58. The van der Waals surface area contributed by atoms with Crippen molar-refractivity contribution in [3.05, 3.63) is 55.1 Å². The molecule has 2 rings (SSSR count). The number of amides is 1. The fourth-order valence-electron chi connectivity index (χ4n) is 1.78. The molecule has 0 radical (unpaired) electrons. The van der Waals surface area contributed by atoms with Gasteiger partial charge in [-0.25, -0.2) is 0 Å². The molecule has 1 saturated heterocycles. The second kappa shape index (κ2) is 6.91.